The Balaban J connectivity index is 0.000000269. The van der Waals surface area contributed by atoms with E-state index >= 15 is 0 Å². The van der Waals surface area contributed by atoms with Gasteiger partial charge in [-0.25, -0.2) is 4.98 Å². The molecule has 7 N–H and O–H groups in total. The van der Waals surface area contributed by atoms with Crippen molar-refractivity contribution in [1.29, 1.82) is 0 Å². The van der Waals surface area contributed by atoms with E-state index in [9.17, 15) is 9.59 Å². The van der Waals surface area contributed by atoms with Crippen molar-refractivity contribution in [1.82, 2.24) is 10.3 Å². The number of carbonyl (C=O) groups excluding carboxylic acids is 2. The lowest BCUT2D eigenvalue weighted by atomic mass is 10.2. The maximum Gasteiger partial charge on any atom is 0.220 e. The molecule has 1 aromatic carbocycles. The Morgan fingerprint density at radius 2 is 2.00 bits per heavy atom. The molecule has 1 aromatic heterocycles. The van der Waals surface area contributed by atoms with Gasteiger partial charge in [-0.2, -0.15) is 0 Å². The molecule has 0 bridgehead atoms. The zero-order chi connectivity index (χ0) is 19.2. The van der Waals surface area contributed by atoms with E-state index in [1.54, 1.807) is 0 Å². The molecule has 2 aromatic rings. The second-order valence-electron chi connectivity index (χ2n) is 5.39. The molecule has 1 heterocycles. The topological polar surface area (TPSA) is 149 Å². The molecule has 26 heavy (non-hydrogen) atoms. The van der Waals surface area contributed by atoms with E-state index < -0.39 is 0 Å². The van der Waals surface area contributed by atoms with Gasteiger partial charge in [0.15, 0.2) is 17.3 Å². The van der Waals surface area contributed by atoms with Gasteiger partial charge in [0.1, 0.15) is 0 Å². The van der Waals surface area contributed by atoms with E-state index in [1.807, 2.05) is 24.3 Å². The van der Waals surface area contributed by atoms with E-state index in [0.717, 1.165) is 35.8 Å². The van der Waals surface area contributed by atoms with Crippen LogP contribution in [0.2, 0.25) is 0 Å². The van der Waals surface area contributed by atoms with Crippen LogP contribution in [0.5, 0.6) is 0 Å². The number of aldehydes is 1. The third kappa shape index (κ3) is 9.09. The van der Waals surface area contributed by atoms with Gasteiger partial charge in [-0.1, -0.05) is 12.1 Å². The third-order valence-electron chi connectivity index (χ3n) is 3.22. The monoisotopic (exact) mass is 378 g/mol. The van der Waals surface area contributed by atoms with Crippen LogP contribution in [-0.4, -0.2) is 42.8 Å². The normalized spacial score (nSPS) is 9.88. The summed E-state index contributed by atoms with van der Waals surface area (Å²) in [5, 5.41) is 3.35. The van der Waals surface area contributed by atoms with Gasteiger partial charge in [0, 0.05) is 19.5 Å². The van der Waals surface area contributed by atoms with Crippen LogP contribution < -0.4 is 22.5 Å². The Labute approximate surface area is 156 Å². The van der Waals surface area contributed by atoms with Crippen LogP contribution in [0.25, 0.3) is 10.2 Å². The lowest BCUT2D eigenvalue weighted by molar-refractivity contribution is -0.121. The molecule has 0 atom stereocenters. The zero-order valence-corrected chi connectivity index (χ0v) is 15.5. The molecule has 0 aliphatic rings. The van der Waals surface area contributed by atoms with Gasteiger partial charge in [-0.15, -0.1) is 11.3 Å². The summed E-state index contributed by atoms with van der Waals surface area (Å²) in [6, 6.07) is 7.71. The number of unbranched alkanes of at least 4 members (excludes halogenated alkanes) is 1. The summed E-state index contributed by atoms with van der Waals surface area (Å²) in [5.74, 6) is 0.171. The highest BCUT2D eigenvalue weighted by atomic mass is 32.1. The summed E-state index contributed by atoms with van der Waals surface area (Å²) in [7, 11) is 0. The van der Waals surface area contributed by atoms with Crippen molar-refractivity contribution < 1.29 is 9.59 Å². The Morgan fingerprint density at radius 1 is 1.23 bits per heavy atom. The number of amides is 1. The lowest BCUT2D eigenvalue weighted by Crippen LogP contribution is -2.25. The minimum Gasteiger partial charge on any atom is -0.370 e. The van der Waals surface area contributed by atoms with Crippen LogP contribution in [0.1, 0.15) is 35.5 Å². The number of nitrogens with two attached hydrogens (primary N) is 3. The third-order valence-corrected chi connectivity index (χ3v) is 4.18. The molecule has 0 aliphatic carbocycles. The SMILES string of the molecule is NCCCC(=O)NCCCCN=C(N)N.O=Cc1nc2ccccc2s1. The molecule has 0 saturated carbocycles. The fraction of sp³-hybridized carbons (Fsp3) is 0.412. The number of benzene rings is 1. The van der Waals surface area contributed by atoms with Gasteiger partial charge in [-0.3, -0.25) is 14.6 Å². The first-order valence-electron chi connectivity index (χ1n) is 8.39. The smallest absolute Gasteiger partial charge is 0.220 e. The fourth-order valence-corrected chi connectivity index (χ4v) is 2.75. The van der Waals surface area contributed by atoms with E-state index in [-0.39, 0.29) is 11.9 Å². The first-order chi connectivity index (χ1) is 12.6. The number of aliphatic imine (C=N–C) groups is 1. The molecule has 0 unspecified atom stereocenters. The maximum absolute atomic E-state index is 11.1. The van der Waals surface area contributed by atoms with E-state index in [4.69, 9.17) is 17.2 Å². The van der Waals surface area contributed by atoms with Gasteiger partial charge in [-0.05, 0) is 37.9 Å². The summed E-state index contributed by atoms with van der Waals surface area (Å²) in [6.07, 6.45) is 3.77. The summed E-state index contributed by atoms with van der Waals surface area (Å²) >= 11 is 1.42. The van der Waals surface area contributed by atoms with Gasteiger partial charge >= 0.3 is 0 Å². The largest absolute Gasteiger partial charge is 0.370 e. The highest BCUT2D eigenvalue weighted by Gasteiger charge is 1.99. The average Bonchev–Trinajstić information content (AvgIpc) is 3.06. The number of hydrogen-bond acceptors (Lipinski definition) is 6. The van der Waals surface area contributed by atoms with Gasteiger partial charge < -0.3 is 22.5 Å². The van der Waals surface area contributed by atoms with Crippen LogP contribution in [-0.2, 0) is 4.79 Å². The first-order valence-corrected chi connectivity index (χ1v) is 9.21. The number of thiazole rings is 1. The lowest BCUT2D eigenvalue weighted by Gasteiger charge is -2.03. The molecule has 0 saturated heterocycles. The minimum absolute atomic E-state index is 0.0577. The minimum atomic E-state index is 0.0577. The zero-order valence-electron chi connectivity index (χ0n) is 14.7. The second-order valence-corrected chi connectivity index (χ2v) is 6.46. The molecule has 0 radical (unpaired) electrons. The molecule has 1 amide bonds. The number of guanidine groups is 1. The number of aromatic nitrogens is 1. The highest BCUT2D eigenvalue weighted by Crippen LogP contribution is 2.19. The van der Waals surface area contributed by atoms with Gasteiger partial charge in [0.05, 0.1) is 10.2 Å². The molecule has 2 rings (SSSR count). The van der Waals surface area contributed by atoms with Crippen molar-refractivity contribution in [3.8, 4) is 0 Å². The maximum atomic E-state index is 11.1. The predicted octanol–water partition coefficient (Wildman–Crippen LogP) is 1.00. The van der Waals surface area contributed by atoms with Crippen molar-refractivity contribution in [2.45, 2.75) is 25.7 Å². The molecular formula is C17H26N6O2S. The average molecular weight is 379 g/mol. The molecule has 0 aliphatic heterocycles. The summed E-state index contributed by atoms with van der Waals surface area (Å²) in [6.45, 7) is 1.84. The molecule has 0 spiro atoms. The van der Waals surface area contributed by atoms with Crippen molar-refractivity contribution in [2.24, 2.45) is 22.2 Å². The van der Waals surface area contributed by atoms with Gasteiger partial charge in [0.2, 0.25) is 5.91 Å². The van der Waals surface area contributed by atoms with Crippen LogP contribution in [0.4, 0.5) is 0 Å². The van der Waals surface area contributed by atoms with Crippen LogP contribution in [0.3, 0.4) is 0 Å². The number of nitrogens with zero attached hydrogens (tertiary/aromatic N) is 2. The molecule has 9 heteroatoms. The molecule has 142 valence electrons. The van der Waals surface area contributed by atoms with E-state index in [0.29, 0.717) is 31.1 Å². The Bertz CT molecular complexity index is 679. The fourth-order valence-electron chi connectivity index (χ4n) is 1.96. The van der Waals surface area contributed by atoms with Crippen molar-refractivity contribution in [2.75, 3.05) is 19.6 Å². The quantitative estimate of drug-likeness (QED) is 0.221. The Kier molecular flexibility index (Phi) is 10.6. The second kappa shape index (κ2) is 12.8. The van der Waals surface area contributed by atoms with E-state index in [1.165, 1.54) is 11.3 Å². The number of rotatable bonds is 9. The predicted molar refractivity (Wildman–Crippen MR) is 106 cm³/mol. The number of nitrogens with one attached hydrogen (secondary N) is 1. The molecule has 8 nitrogen and oxygen atoms in total. The van der Waals surface area contributed by atoms with Crippen LogP contribution >= 0.6 is 11.3 Å². The number of para-hydroxylation sites is 1. The highest BCUT2D eigenvalue weighted by molar-refractivity contribution is 7.19. The Morgan fingerprint density at radius 3 is 2.65 bits per heavy atom. The number of fused-ring (bicyclic) bond motifs is 1. The van der Waals surface area contributed by atoms with Crippen molar-refractivity contribution >= 4 is 39.7 Å². The molecule has 0 fully saturated rings. The number of hydrogen-bond donors (Lipinski definition) is 4. The molecular weight excluding hydrogens is 352 g/mol. The summed E-state index contributed by atoms with van der Waals surface area (Å²) in [5.41, 5.74) is 16.5. The summed E-state index contributed by atoms with van der Waals surface area (Å²) in [4.78, 5) is 29.3. The van der Waals surface area contributed by atoms with E-state index in [2.05, 4.69) is 15.3 Å². The van der Waals surface area contributed by atoms with Crippen molar-refractivity contribution in [3.63, 3.8) is 0 Å². The Hall–Kier alpha value is -2.52. The summed E-state index contributed by atoms with van der Waals surface area (Å²) < 4.78 is 1.06. The van der Waals surface area contributed by atoms with Gasteiger partial charge in [0.25, 0.3) is 0 Å². The first kappa shape index (κ1) is 21.5. The standard InChI is InChI=1S/C9H21N5O.C8H5NOS/c10-5-3-4-8(15)13-6-1-2-7-14-9(11)12;10-5-8-9-6-3-1-2-4-7(6)11-8/h1-7,10H2,(H,13,15)(H4,11,12,14);1-5H. The number of carbonyl (C=O) groups is 2. The van der Waals surface area contributed by atoms with Crippen LogP contribution in [0, 0.1) is 0 Å². The van der Waals surface area contributed by atoms with Crippen LogP contribution in [0.15, 0.2) is 29.3 Å². The van der Waals surface area contributed by atoms with Crippen molar-refractivity contribution in [3.05, 3.63) is 29.3 Å².